The Balaban J connectivity index is 1.23. The lowest BCUT2D eigenvalue weighted by molar-refractivity contribution is 0.102. The maximum atomic E-state index is 13.0. The lowest BCUT2D eigenvalue weighted by Gasteiger charge is -2.36. The van der Waals surface area contributed by atoms with Crippen LogP contribution in [-0.2, 0) is 6.42 Å². The third-order valence-corrected chi connectivity index (χ3v) is 8.05. The number of pyridine rings is 1. The molecule has 1 aliphatic rings. The van der Waals surface area contributed by atoms with E-state index in [0.717, 1.165) is 60.1 Å². The molecule has 4 aromatic rings. The maximum Gasteiger partial charge on any atom is 0.255 e. The first-order valence-electron chi connectivity index (χ1n) is 12.7. The summed E-state index contributed by atoms with van der Waals surface area (Å²) in [5.41, 5.74) is 7.00. The van der Waals surface area contributed by atoms with Gasteiger partial charge >= 0.3 is 0 Å². The van der Waals surface area contributed by atoms with Crippen LogP contribution >= 0.6 is 11.3 Å². The topological polar surface area (TPSA) is 61.4 Å². The zero-order chi connectivity index (χ0) is 25.8. The fourth-order valence-electron chi connectivity index (χ4n) is 4.68. The van der Waals surface area contributed by atoms with Gasteiger partial charge in [0.15, 0.2) is 0 Å². The third kappa shape index (κ3) is 6.13. The van der Waals surface area contributed by atoms with Crippen molar-refractivity contribution in [2.45, 2.75) is 26.3 Å². The average molecular weight is 512 g/mol. The molecule has 0 radical (unpaired) electrons. The fraction of sp³-hybridized carbons (Fsp3) is 0.300. The minimum absolute atomic E-state index is 0.0956. The molecule has 1 amide bonds. The van der Waals surface area contributed by atoms with Gasteiger partial charge < -0.3 is 10.2 Å². The summed E-state index contributed by atoms with van der Waals surface area (Å²) in [7, 11) is 2.17. The number of rotatable bonds is 7. The molecule has 0 saturated carbocycles. The summed E-state index contributed by atoms with van der Waals surface area (Å²) >= 11 is 1.65. The van der Waals surface area contributed by atoms with E-state index in [0.29, 0.717) is 11.6 Å². The van der Waals surface area contributed by atoms with E-state index in [1.54, 1.807) is 17.5 Å². The molecule has 1 fully saturated rings. The molecule has 190 valence electrons. The van der Waals surface area contributed by atoms with Gasteiger partial charge in [-0.25, -0.2) is 4.98 Å². The van der Waals surface area contributed by atoms with Gasteiger partial charge in [-0.05, 0) is 74.0 Å². The molecule has 0 aliphatic carbocycles. The predicted octanol–water partition coefficient (Wildman–Crippen LogP) is 5.67. The van der Waals surface area contributed by atoms with Gasteiger partial charge in [0.1, 0.15) is 0 Å². The number of likely N-dealkylation sites (N-methyl/N-ethyl adjacent to an activating group) is 1. The molecule has 2 aromatic heterocycles. The van der Waals surface area contributed by atoms with Gasteiger partial charge in [-0.15, -0.1) is 11.3 Å². The van der Waals surface area contributed by atoms with Crippen molar-refractivity contribution >= 4 is 22.9 Å². The van der Waals surface area contributed by atoms with Crippen LogP contribution in [0.15, 0.2) is 72.4 Å². The van der Waals surface area contributed by atoms with E-state index < -0.39 is 0 Å². The SMILES string of the molecule is Cc1ccc(NC(=O)c2ccc(C(C)N3CCN(C)CC3)cc2)cc1Cc1nc(-c2cccnc2)cs1. The molecule has 1 N–H and O–H groups in total. The first-order chi connectivity index (χ1) is 18.0. The van der Waals surface area contributed by atoms with Crippen LogP contribution < -0.4 is 5.32 Å². The second-order valence-corrected chi connectivity index (χ2v) is 10.7. The average Bonchev–Trinajstić information content (AvgIpc) is 3.40. The van der Waals surface area contributed by atoms with Crippen molar-refractivity contribution in [3.63, 3.8) is 0 Å². The van der Waals surface area contributed by atoms with Crippen molar-refractivity contribution in [3.8, 4) is 11.3 Å². The van der Waals surface area contributed by atoms with Gasteiger partial charge in [-0.2, -0.15) is 0 Å². The standard InChI is InChI=1S/C30H33N5OS/c1-21-6-11-27(17-26(21)18-29-33-28(20-37-29)25-5-4-12-31-19-25)32-30(36)24-9-7-23(8-10-24)22(2)35-15-13-34(3)14-16-35/h4-12,17,19-20,22H,13-16,18H2,1-3H3,(H,32,36). The maximum absolute atomic E-state index is 13.0. The molecule has 1 saturated heterocycles. The molecule has 7 heteroatoms. The first-order valence-corrected chi connectivity index (χ1v) is 13.6. The predicted molar refractivity (Wildman–Crippen MR) is 151 cm³/mol. The van der Waals surface area contributed by atoms with Crippen LogP contribution in [0.4, 0.5) is 5.69 Å². The van der Waals surface area contributed by atoms with Crippen LogP contribution in [0.25, 0.3) is 11.3 Å². The number of anilines is 1. The van der Waals surface area contributed by atoms with Crippen LogP contribution in [0.5, 0.6) is 0 Å². The molecule has 6 nitrogen and oxygen atoms in total. The highest BCUT2D eigenvalue weighted by atomic mass is 32.1. The molecular weight excluding hydrogens is 478 g/mol. The molecule has 2 aromatic carbocycles. The summed E-state index contributed by atoms with van der Waals surface area (Å²) in [6, 6.07) is 18.4. The molecule has 37 heavy (non-hydrogen) atoms. The molecule has 0 spiro atoms. The molecule has 0 bridgehead atoms. The van der Waals surface area contributed by atoms with Crippen molar-refractivity contribution in [1.82, 2.24) is 19.8 Å². The Hall–Kier alpha value is -3.39. The number of aryl methyl sites for hydroxylation is 1. The zero-order valence-electron chi connectivity index (χ0n) is 21.6. The number of piperazine rings is 1. The number of benzene rings is 2. The van der Waals surface area contributed by atoms with E-state index in [1.807, 2.05) is 36.5 Å². The summed E-state index contributed by atoms with van der Waals surface area (Å²) in [5.74, 6) is -0.0956. The van der Waals surface area contributed by atoms with Crippen molar-refractivity contribution in [2.75, 3.05) is 38.5 Å². The molecule has 3 heterocycles. The van der Waals surface area contributed by atoms with Crippen molar-refractivity contribution in [2.24, 2.45) is 0 Å². The summed E-state index contributed by atoms with van der Waals surface area (Å²) in [6.45, 7) is 8.67. The largest absolute Gasteiger partial charge is 0.322 e. The van der Waals surface area contributed by atoms with Crippen LogP contribution in [0, 0.1) is 6.92 Å². The number of hydrogen-bond donors (Lipinski definition) is 1. The van der Waals surface area contributed by atoms with Crippen LogP contribution in [0.3, 0.4) is 0 Å². The van der Waals surface area contributed by atoms with Gasteiger partial charge in [0, 0.05) is 73.2 Å². The van der Waals surface area contributed by atoms with Crippen LogP contribution in [-0.4, -0.2) is 58.9 Å². The fourth-order valence-corrected chi connectivity index (χ4v) is 5.50. The number of nitrogens with one attached hydrogen (secondary N) is 1. The minimum atomic E-state index is -0.0956. The zero-order valence-corrected chi connectivity index (χ0v) is 22.5. The summed E-state index contributed by atoms with van der Waals surface area (Å²) in [5, 5.41) is 6.19. The molecule has 1 atom stereocenters. The number of nitrogens with zero attached hydrogens (tertiary/aromatic N) is 4. The van der Waals surface area contributed by atoms with E-state index in [2.05, 4.69) is 70.6 Å². The van der Waals surface area contributed by atoms with E-state index in [9.17, 15) is 4.79 Å². The monoisotopic (exact) mass is 511 g/mol. The van der Waals surface area contributed by atoms with E-state index >= 15 is 0 Å². The second kappa shape index (κ2) is 11.3. The molecule has 5 rings (SSSR count). The lowest BCUT2D eigenvalue weighted by atomic mass is 10.0. The quantitative estimate of drug-likeness (QED) is 0.347. The smallest absolute Gasteiger partial charge is 0.255 e. The van der Waals surface area contributed by atoms with Crippen molar-refractivity contribution < 1.29 is 4.79 Å². The van der Waals surface area contributed by atoms with E-state index in [1.165, 1.54) is 11.1 Å². The highest BCUT2D eigenvalue weighted by Gasteiger charge is 2.20. The Morgan fingerprint density at radius 1 is 1.08 bits per heavy atom. The van der Waals surface area contributed by atoms with Crippen LogP contribution in [0.1, 0.15) is 45.0 Å². The van der Waals surface area contributed by atoms with E-state index in [4.69, 9.17) is 4.98 Å². The molecule has 1 aliphatic heterocycles. The number of thiazole rings is 1. The number of hydrogen-bond acceptors (Lipinski definition) is 6. The Morgan fingerprint density at radius 2 is 1.86 bits per heavy atom. The summed E-state index contributed by atoms with van der Waals surface area (Å²) < 4.78 is 0. The summed E-state index contributed by atoms with van der Waals surface area (Å²) in [4.78, 5) is 26.9. The number of carbonyl (C=O) groups is 1. The Kier molecular flexibility index (Phi) is 7.74. The first kappa shape index (κ1) is 25.3. The van der Waals surface area contributed by atoms with Gasteiger partial charge in [0.05, 0.1) is 10.7 Å². The Morgan fingerprint density at radius 3 is 2.59 bits per heavy atom. The van der Waals surface area contributed by atoms with Crippen molar-refractivity contribution in [3.05, 3.63) is 99.6 Å². The van der Waals surface area contributed by atoms with E-state index in [-0.39, 0.29) is 5.91 Å². The third-order valence-electron chi connectivity index (χ3n) is 7.20. The normalized spacial score (nSPS) is 15.4. The highest BCUT2D eigenvalue weighted by Crippen LogP contribution is 2.26. The van der Waals surface area contributed by atoms with Gasteiger partial charge in [0.25, 0.3) is 5.91 Å². The van der Waals surface area contributed by atoms with Gasteiger partial charge in [0.2, 0.25) is 0 Å². The lowest BCUT2D eigenvalue weighted by Crippen LogP contribution is -2.45. The van der Waals surface area contributed by atoms with Gasteiger partial charge in [-0.1, -0.05) is 18.2 Å². The van der Waals surface area contributed by atoms with Gasteiger partial charge in [-0.3, -0.25) is 14.7 Å². The number of amides is 1. The molecular formula is C30H33N5OS. The summed E-state index contributed by atoms with van der Waals surface area (Å²) in [6.07, 6.45) is 4.32. The highest BCUT2D eigenvalue weighted by molar-refractivity contribution is 7.10. The minimum Gasteiger partial charge on any atom is -0.322 e. The second-order valence-electron chi connectivity index (χ2n) is 9.78. The molecule has 1 unspecified atom stereocenters. The number of aromatic nitrogens is 2. The Labute approximate surface area is 223 Å². The van der Waals surface area contributed by atoms with Crippen LogP contribution in [0.2, 0.25) is 0 Å². The van der Waals surface area contributed by atoms with Crippen molar-refractivity contribution in [1.29, 1.82) is 0 Å². The Bertz CT molecular complexity index is 1340. The number of carbonyl (C=O) groups excluding carboxylic acids is 1.